The van der Waals surface area contributed by atoms with Crippen LogP contribution in [0, 0.1) is 0 Å². The highest BCUT2D eigenvalue weighted by Gasteiger charge is 2.28. The van der Waals surface area contributed by atoms with E-state index in [4.69, 9.17) is 46.4 Å². The Morgan fingerprint density at radius 1 is 0.600 bits per heavy atom. The summed E-state index contributed by atoms with van der Waals surface area (Å²) in [6, 6.07) is 46.0. The second-order valence-electron chi connectivity index (χ2n) is 13.9. The fraction of sp³-hybridized carbons (Fsp3) is 0.217. The summed E-state index contributed by atoms with van der Waals surface area (Å²) in [6.07, 6.45) is 0. The van der Waals surface area contributed by atoms with Gasteiger partial charge in [-0.25, -0.2) is 0 Å². The van der Waals surface area contributed by atoms with Crippen LogP contribution in [0.1, 0.15) is 56.3 Å². The highest BCUT2D eigenvalue weighted by Crippen LogP contribution is 2.40. The van der Waals surface area contributed by atoms with Crippen molar-refractivity contribution in [3.63, 3.8) is 0 Å². The molecule has 0 saturated carbocycles. The zero-order valence-electron chi connectivity index (χ0n) is 30.7. The molecule has 284 valence electrons. The van der Waals surface area contributed by atoms with Gasteiger partial charge >= 0.3 is 0 Å². The molecule has 0 amide bonds. The van der Waals surface area contributed by atoms with Gasteiger partial charge in [-0.1, -0.05) is 147 Å². The molecule has 0 bridgehead atoms. The van der Waals surface area contributed by atoms with Gasteiger partial charge in [0.15, 0.2) is 0 Å². The molecule has 0 aromatic heterocycles. The molecule has 2 nitrogen and oxygen atoms in total. The van der Waals surface area contributed by atoms with E-state index in [1.165, 1.54) is 49.4 Å². The van der Waals surface area contributed by atoms with Crippen molar-refractivity contribution in [3.8, 4) is 0 Å². The second-order valence-corrected chi connectivity index (χ2v) is 17.9. The molecule has 0 spiro atoms. The largest absolute Gasteiger partial charge is 0.301 e. The van der Waals surface area contributed by atoms with Gasteiger partial charge in [0.05, 0.1) is 0 Å². The Morgan fingerprint density at radius 2 is 1.04 bits per heavy atom. The number of halogens is 5. The molecule has 2 atom stereocenters. The van der Waals surface area contributed by atoms with E-state index in [1.54, 1.807) is 0 Å². The Kier molecular flexibility index (Phi) is 15.6. The first-order chi connectivity index (χ1) is 26.6. The van der Waals surface area contributed by atoms with Crippen molar-refractivity contribution in [2.45, 2.75) is 41.3 Å². The van der Waals surface area contributed by atoms with Crippen LogP contribution < -0.4 is 0 Å². The zero-order valence-corrected chi connectivity index (χ0v) is 37.1. The average Bonchev–Trinajstić information content (AvgIpc) is 3.19. The number of thiol groups is 1. The number of thioether (sulfide) groups is 1. The number of benzene rings is 6. The van der Waals surface area contributed by atoms with Crippen LogP contribution in [0.15, 0.2) is 143 Å². The van der Waals surface area contributed by atoms with Crippen LogP contribution in [-0.2, 0) is 24.6 Å². The molecule has 9 heteroatoms. The molecule has 8 rings (SSSR count). The Bertz CT molecular complexity index is 2150. The van der Waals surface area contributed by atoms with Crippen molar-refractivity contribution in [1.82, 2.24) is 9.80 Å². The number of rotatable bonds is 6. The quantitative estimate of drug-likeness (QED) is 0.131. The summed E-state index contributed by atoms with van der Waals surface area (Å²) in [5.74, 6) is 2.43. The van der Waals surface area contributed by atoms with Crippen molar-refractivity contribution in [1.29, 1.82) is 0 Å². The van der Waals surface area contributed by atoms with Crippen LogP contribution in [0.5, 0.6) is 0 Å². The van der Waals surface area contributed by atoms with Crippen molar-refractivity contribution in [3.05, 3.63) is 203 Å². The molecule has 0 saturated heterocycles. The number of likely N-dealkylation sites (N-methyl/N-ethyl adjacent to an activating group) is 2. The van der Waals surface area contributed by atoms with Crippen LogP contribution in [0.2, 0.25) is 20.1 Å². The van der Waals surface area contributed by atoms with E-state index in [0.717, 1.165) is 52.2 Å². The first kappa shape index (κ1) is 42.2. The van der Waals surface area contributed by atoms with Crippen LogP contribution >= 0.6 is 86.7 Å². The Balaban J connectivity index is 0.000000160. The van der Waals surface area contributed by atoms with Crippen molar-refractivity contribution >= 4 is 86.7 Å². The summed E-state index contributed by atoms with van der Waals surface area (Å²) < 4.78 is 1.09. The minimum atomic E-state index is 0.295. The molecular formula is C46H43BrCl4N2S2. The molecule has 2 aliphatic heterocycles. The fourth-order valence-electron chi connectivity index (χ4n) is 7.08. The lowest BCUT2D eigenvalue weighted by Crippen LogP contribution is -2.31. The number of nitrogens with zero attached hydrogens (tertiary/aromatic N) is 2. The molecule has 55 heavy (non-hydrogen) atoms. The third kappa shape index (κ3) is 11.6. The van der Waals surface area contributed by atoms with E-state index < -0.39 is 0 Å². The molecule has 2 unspecified atom stereocenters. The maximum absolute atomic E-state index is 6.48. The summed E-state index contributed by atoms with van der Waals surface area (Å²) in [4.78, 5) is 5.91. The molecule has 6 aromatic rings. The monoisotopic (exact) mass is 906 g/mol. The van der Waals surface area contributed by atoms with Crippen molar-refractivity contribution in [2.24, 2.45) is 0 Å². The molecule has 0 N–H and O–H groups in total. The summed E-state index contributed by atoms with van der Waals surface area (Å²) in [5.41, 5.74) is 10.1. The Hall–Kier alpha value is -2.42. The number of fused-ring (bicyclic) bond motifs is 2. The fourth-order valence-corrected chi connectivity index (χ4v) is 9.54. The zero-order chi connectivity index (χ0) is 38.9. The third-order valence-corrected chi connectivity index (χ3v) is 12.9. The molecule has 2 heterocycles. The smallest absolute Gasteiger partial charge is 0.0468 e. The highest BCUT2D eigenvalue weighted by atomic mass is 79.9. The lowest BCUT2D eigenvalue weighted by atomic mass is 9.85. The van der Waals surface area contributed by atoms with Crippen LogP contribution in [0.3, 0.4) is 0 Å². The van der Waals surface area contributed by atoms with Gasteiger partial charge in [-0.15, -0.1) is 11.8 Å². The molecule has 6 aromatic carbocycles. The van der Waals surface area contributed by atoms with Crippen molar-refractivity contribution < 1.29 is 0 Å². The predicted molar refractivity (Wildman–Crippen MR) is 245 cm³/mol. The SMILES string of the molecule is CN1Cc2c(Cl)cc(Cl)cc2C(c2ccc(Br)cc2)C1.CN1Cc2c(Cl)cc(Cl)cc2C(c2ccc(SCc3ccccc3)cc2)C1.SCc1ccccc1. The molecule has 2 aliphatic rings. The first-order valence-corrected chi connectivity index (χ1v) is 22.0. The van der Waals surface area contributed by atoms with E-state index in [1.807, 2.05) is 42.1 Å². The van der Waals surface area contributed by atoms with Gasteiger partial charge in [-0.05, 0) is 107 Å². The third-order valence-electron chi connectivity index (χ3n) is 9.81. The number of hydrogen-bond acceptors (Lipinski definition) is 4. The van der Waals surface area contributed by atoms with Crippen molar-refractivity contribution in [2.75, 3.05) is 27.2 Å². The van der Waals surface area contributed by atoms with Gasteiger partial charge in [-0.2, -0.15) is 12.6 Å². The lowest BCUT2D eigenvalue weighted by Gasteiger charge is -2.33. The van der Waals surface area contributed by atoms with E-state index in [2.05, 4.69) is 156 Å². The van der Waals surface area contributed by atoms with Gasteiger partial charge in [0.2, 0.25) is 0 Å². The summed E-state index contributed by atoms with van der Waals surface area (Å²) in [7, 11) is 4.27. The van der Waals surface area contributed by atoms with Crippen LogP contribution in [0.25, 0.3) is 0 Å². The standard InChI is InChI=1S/C23H21Cl2NS.C16H14BrCl2N.C7H8S/c1-26-13-21(20-11-18(24)12-23(25)22(20)14-26)17-7-9-19(10-8-17)27-15-16-5-3-2-4-6-16;1-20-8-14(10-2-4-11(17)5-3-10)13-6-12(18)7-16(19)15(13)9-20;8-6-7-4-2-1-3-5-7/h2-12,21H,13-15H2,1H3;2-7,14H,8-9H2,1H3;1-5,8H,6H2. The van der Waals surface area contributed by atoms with E-state index >= 15 is 0 Å². The minimum Gasteiger partial charge on any atom is -0.301 e. The van der Waals surface area contributed by atoms with E-state index in [0.29, 0.717) is 21.9 Å². The predicted octanol–water partition coefficient (Wildman–Crippen LogP) is 14.3. The molecule has 0 fully saturated rings. The maximum Gasteiger partial charge on any atom is 0.0468 e. The lowest BCUT2D eigenvalue weighted by molar-refractivity contribution is 0.295. The molecular weight excluding hydrogens is 866 g/mol. The van der Waals surface area contributed by atoms with Crippen LogP contribution in [-0.4, -0.2) is 37.0 Å². The minimum absolute atomic E-state index is 0.295. The average molecular weight is 910 g/mol. The summed E-state index contributed by atoms with van der Waals surface area (Å²) in [5, 5.41) is 2.95. The molecule has 0 aliphatic carbocycles. The Morgan fingerprint density at radius 3 is 1.47 bits per heavy atom. The highest BCUT2D eigenvalue weighted by molar-refractivity contribution is 9.10. The van der Waals surface area contributed by atoms with Crippen LogP contribution in [0.4, 0.5) is 0 Å². The van der Waals surface area contributed by atoms with E-state index in [9.17, 15) is 0 Å². The maximum atomic E-state index is 6.48. The second kappa shape index (κ2) is 20.3. The van der Waals surface area contributed by atoms with Gasteiger partial charge < -0.3 is 9.80 Å². The summed E-state index contributed by atoms with van der Waals surface area (Å²) in [6.45, 7) is 3.69. The van der Waals surface area contributed by atoms with Gasteiger partial charge in [-0.3, -0.25) is 0 Å². The van der Waals surface area contributed by atoms with Gasteiger partial charge in [0, 0.05) is 79.0 Å². The first-order valence-electron chi connectivity index (χ1n) is 18.1. The molecule has 0 radical (unpaired) electrons. The summed E-state index contributed by atoms with van der Waals surface area (Å²) >= 11 is 34.8. The topological polar surface area (TPSA) is 6.48 Å². The van der Waals surface area contributed by atoms with Gasteiger partial charge in [0.25, 0.3) is 0 Å². The van der Waals surface area contributed by atoms with E-state index in [-0.39, 0.29) is 0 Å². The number of hydrogen-bond donors (Lipinski definition) is 1. The normalized spacial score (nSPS) is 16.5. The Labute approximate surface area is 364 Å². The van der Waals surface area contributed by atoms with Gasteiger partial charge in [0.1, 0.15) is 0 Å².